The van der Waals surface area contributed by atoms with Crippen LogP contribution in [0.3, 0.4) is 0 Å². The third-order valence-electron chi connectivity index (χ3n) is 5.21. The van der Waals surface area contributed by atoms with Gasteiger partial charge in [0, 0.05) is 25.8 Å². The van der Waals surface area contributed by atoms with Gasteiger partial charge in [-0.25, -0.2) is 18.4 Å². The summed E-state index contributed by atoms with van der Waals surface area (Å²) in [5.41, 5.74) is 1.03. The second-order valence-corrected chi connectivity index (χ2v) is 9.81. The van der Waals surface area contributed by atoms with Crippen molar-refractivity contribution < 1.29 is 8.42 Å². The van der Waals surface area contributed by atoms with Crippen molar-refractivity contribution in [2.24, 2.45) is 0 Å². The maximum atomic E-state index is 12.7. The molecule has 2 aromatic heterocycles. The molecule has 1 atom stereocenters. The van der Waals surface area contributed by atoms with Crippen LogP contribution in [0.4, 0.5) is 5.82 Å². The molecule has 148 valence electrons. The molecule has 0 saturated carbocycles. The van der Waals surface area contributed by atoms with Crippen molar-refractivity contribution >= 4 is 37.4 Å². The van der Waals surface area contributed by atoms with Gasteiger partial charge in [-0.1, -0.05) is 26.0 Å². The quantitative estimate of drug-likeness (QED) is 0.606. The first kappa shape index (κ1) is 19.3. The fraction of sp³-hybridized carbons (Fsp3) is 0.400. The Hall–Kier alpha value is -2.03. The van der Waals surface area contributed by atoms with E-state index in [-0.39, 0.29) is 10.9 Å². The topological polar surface area (TPSA) is 66.4 Å². The number of hydrogen-bond donors (Lipinski definition) is 0. The van der Waals surface area contributed by atoms with Crippen molar-refractivity contribution in [3.63, 3.8) is 0 Å². The van der Waals surface area contributed by atoms with Gasteiger partial charge in [-0.15, -0.1) is 11.3 Å². The highest BCUT2D eigenvalue weighted by atomic mass is 32.2. The Balaban J connectivity index is 1.61. The number of nitrogens with zero attached hydrogens (tertiary/aromatic N) is 4. The Morgan fingerprint density at radius 1 is 1.18 bits per heavy atom. The maximum Gasteiger partial charge on any atom is 0.244 e. The number of benzene rings is 1. The lowest BCUT2D eigenvalue weighted by atomic mass is 10.2. The number of thiazole rings is 1. The first-order chi connectivity index (χ1) is 13.5. The second-order valence-electron chi connectivity index (χ2n) is 6.81. The van der Waals surface area contributed by atoms with E-state index in [1.807, 2.05) is 38.1 Å². The lowest BCUT2D eigenvalue weighted by molar-refractivity contribution is 0.445. The van der Waals surface area contributed by atoms with Gasteiger partial charge in [0.05, 0.1) is 16.3 Å². The van der Waals surface area contributed by atoms with E-state index in [0.29, 0.717) is 13.1 Å². The number of aromatic nitrogens is 2. The van der Waals surface area contributed by atoms with E-state index in [0.717, 1.165) is 35.7 Å². The van der Waals surface area contributed by atoms with Gasteiger partial charge in [0.2, 0.25) is 10.0 Å². The van der Waals surface area contributed by atoms with E-state index in [9.17, 15) is 8.42 Å². The predicted octanol–water partition coefficient (Wildman–Crippen LogP) is 4.06. The lowest BCUT2D eigenvalue weighted by Crippen LogP contribution is -2.31. The number of fused-ring (bicyclic) bond motifs is 1. The van der Waals surface area contributed by atoms with Crippen LogP contribution >= 0.6 is 11.3 Å². The second kappa shape index (κ2) is 7.77. The summed E-state index contributed by atoms with van der Waals surface area (Å²) >= 11 is 1.73. The van der Waals surface area contributed by atoms with Gasteiger partial charge in [0.1, 0.15) is 15.7 Å². The number of para-hydroxylation sites is 1. The van der Waals surface area contributed by atoms with E-state index >= 15 is 0 Å². The molecule has 1 aromatic carbocycles. The SMILES string of the molecule is CCN(CC)S(=O)(=O)c1ccc(N2CCC[C@@H]2c2nc3ccccc3s2)nc1. The summed E-state index contributed by atoms with van der Waals surface area (Å²) in [6.45, 7) is 5.49. The zero-order valence-electron chi connectivity index (χ0n) is 16.1. The molecule has 0 radical (unpaired) electrons. The lowest BCUT2D eigenvalue weighted by Gasteiger charge is -2.24. The van der Waals surface area contributed by atoms with Crippen molar-refractivity contribution in [2.75, 3.05) is 24.5 Å². The highest BCUT2D eigenvalue weighted by Crippen LogP contribution is 2.38. The molecule has 6 nitrogen and oxygen atoms in total. The first-order valence-electron chi connectivity index (χ1n) is 9.63. The summed E-state index contributed by atoms with van der Waals surface area (Å²) in [5.74, 6) is 0.806. The average Bonchev–Trinajstić information content (AvgIpc) is 3.35. The van der Waals surface area contributed by atoms with E-state index in [4.69, 9.17) is 4.98 Å². The molecule has 28 heavy (non-hydrogen) atoms. The van der Waals surface area contributed by atoms with Crippen LogP contribution in [-0.2, 0) is 10.0 Å². The van der Waals surface area contributed by atoms with Gasteiger partial charge in [-0.3, -0.25) is 0 Å². The molecule has 4 rings (SSSR count). The Kier molecular flexibility index (Phi) is 5.35. The van der Waals surface area contributed by atoms with Gasteiger partial charge in [0.25, 0.3) is 0 Å². The first-order valence-corrected chi connectivity index (χ1v) is 11.9. The van der Waals surface area contributed by atoms with Gasteiger partial charge in [0.15, 0.2) is 0 Å². The fourth-order valence-corrected chi connectivity index (χ4v) is 6.26. The van der Waals surface area contributed by atoms with Crippen molar-refractivity contribution in [2.45, 2.75) is 37.6 Å². The van der Waals surface area contributed by atoms with Crippen LogP contribution in [0, 0.1) is 0 Å². The highest BCUT2D eigenvalue weighted by molar-refractivity contribution is 7.89. The molecule has 1 fully saturated rings. The summed E-state index contributed by atoms with van der Waals surface area (Å²) in [5, 5.41) is 1.10. The van der Waals surface area contributed by atoms with E-state index < -0.39 is 10.0 Å². The molecule has 8 heteroatoms. The largest absolute Gasteiger partial charge is 0.347 e. The van der Waals surface area contributed by atoms with E-state index in [2.05, 4.69) is 16.0 Å². The fourth-order valence-electron chi connectivity index (χ4n) is 3.74. The molecule has 1 aliphatic heterocycles. The number of rotatable bonds is 6. The molecule has 0 spiro atoms. The zero-order valence-corrected chi connectivity index (χ0v) is 17.7. The summed E-state index contributed by atoms with van der Waals surface area (Å²) in [7, 11) is -3.48. The molecule has 1 aliphatic rings. The highest BCUT2D eigenvalue weighted by Gasteiger charge is 2.30. The number of hydrogen-bond acceptors (Lipinski definition) is 6. The Morgan fingerprint density at radius 3 is 2.64 bits per heavy atom. The molecule has 3 heterocycles. The minimum Gasteiger partial charge on any atom is -0.347 e. The summed E-state index contributed by atoms with van der Waals surface area (Å²) < 4.78 is 28.0. The molecular weight excluding hydrogens is 392 g/mol. The van der Waals surface area contributed by atoms with Crippen molar-refractivity contribution in [3.8, 4) is 0 Å². The summed E-state index contributed by atoms with van der Waals surface area (Å²) in [6, 6.07) is 11.9. The van der Waals surface area contributed by atoms with E-state index in [1.54, 1.807) is 17.4 Å². The Morgan fingerprint density at radius 2 is 1.96 bits per heavy atom. The van der Waals surface area contributed by atoms with Crippen molar-refractivity contribution in [3.05, 3.63) is 47.6 Å². The molecule has 0 aliphatic carbocycles. The van der Waals surface area contributed by atoms with Crippen LogP contribution in [0.5, 0.6) is 0 Å². The molecular formula is C20H24N4O2S2. The maximum absolute atomic E-state index is 12.7. The molecule has 0 unspecified atom stereocenters. The minimum absolute atomic E-state index is 0.190. The smallest absolute Gasteiger partial charge is 0.244 e. The summed E-state index contributed by atoms with van der Waals surface area (Å²) in [6.07, 6.45) is 3.58. The minimum atomic E-state index is -3.48. The van der Waals surface area contributed by atoms with Crippen LogP contribution in [0.15, 0.2) is 47.5 Å². The third-order valence-corrected chi connectivity index (χ3v) is 8.38. The molecule has 0 bridgehead atoms. The normalized spacial score (nSPS) is 17.7. The van der Waals surface area contributed by atoms with Crippen molar-refractivity contribution in [1.29, 1.82) is 0 Å². The van der Waals surface area contributed by atoms with Gasteiger partial charge in [-0.2, -0.15) is 4.31 Å². The average molecular weight is 417 g/mol. The van der Waals surface area contributed by atoms with Gasteiger partial charge in [-0.05, 0) is 37.1 Å². The van der Waals surface area contributed by atoms with Gasteiger partial charge >= 0.3 is 0 Å². The molecule has 1 saturated heterocycles. The van der Waals surface area contributed by atoms with Crippen LogP contribution in [0.1, 0.15) is 37.7 Å². The predicted molar refractivity (Wildman–Crippen MR) is 113 cm³/mol. The van der Waals surface area contributed by atoms with Crippen molar-refractivity contribution in [1.82, 2.24) is 14.3 Å². The monoisotopic (exact) mass is 416 g/mol. The van der Waals surface area contributed by atoms with Crippen LogP contribution in [0.25, 0.3) is 10.2 Å². The Labute approximate surface area is 169 Å². The number of anilines is 1. The molecule has 0 N–H and O–H groups in total. The molecule has 3 aromatic rings. The Bertz CT molecular complexity index is 1030. The number of pyridine rings is 1. The molecule has 0 amide bonds. The van der Waals surface area contributed by atoms with Crippen LogP contribution in [-0.4, -0.2) is 42.3 Å². The van der Waals surface area contributed by atoms with Crippen LogP contribution in [0.2, 0.25) is 0 Å². The summed E-state index contributed by atoms with van der Waals surface area (Å²) in [4.78, 5) is 11.8. The zero-order chi connectivity index (χ0) is 19.7. The number of sulfonamides is 1. The van der Waals surface area contributed by atoms with Crippen LogP contribution < -0.4 is 4.90 Å². The van der Waals surface area contributed by atoms with E-state index in [1.165, 1.54) is 15.2 Å². The standard InChI is InChI=1S/C20H24N4O2S2/c1-3-23(4-2)28(25,26)15-11-12-19(21-14-15)24-13-7-9-17(24)20-22-16-8-5-6-10-18(16)27-20/h5-6,8,10-12,14,17H,3-4,7,9,13H2,1-2H3/t17-/m1/s1. The van der Waals surface area contributed by atoms with Gasteiger partial charge < -0.3 is 4.90 Å². The third kappa shape index (κ3) is 3.40.